The van der Waals surface area contributed by atoms with E-state index >= 15 is 0 Å². The van der Waals surface area contributed by atoms with Gasteiger partial charge in [-0.05, 0) is 92.3 Å². The molecule has 22 heavy (non-hydrogen) atoms. The minimum absolute atomic E-state index is 0.0468. The highest BCUT2D eigenvalue weighted by Crippen LogP contribution is 2.67. The van der Waals surface area contributed by atoms with E-state index in [1.807, 2.05) is 0 Å². The summed E-state index contributed by atoms with van der Waals surface area (Å²) in [6, 6.07) is 0. The van der Waals surface area contributed by atoms with Crippen molar-refractivity contribution < 1.29 is 9.90 Å². The molecule has 8 atom stereocenters. The van der Waals surface area contributed by atoms with Crippen molar-refractivity contribution in [3.8, 4) is 0 Å². The van der Waals surface area contributed by atoms with Crippen molar-refractivity contribution in [3.63, 3.8) is 0 Å². The van der Waals surface area contributed by atoms with Gasteiger partial charge in [0.25, 0.3) is 0 Å². The van der Waals surface area contributed by atoms with E-state index in [2.05, 4.69) is 13.8 Å². The van der Waals surface area contributed by atoms with Crippen LogP contribution >= 0.6 is 0 Å². The summed E-state index contributed by atoms with van der Waals surface area (Å²) in [6.07, 6.45) is 12.2. The second-order valence-corrected chi connectivity index (χ2v) is 9.45. The van der Waals surface area contributed by atoms with Gasteiger partial charge in [0, 0.05) is 5.92 Å². The van der Waals surface area contributed by atoms with Crippen molar-refractivity contribution in [1.82, 2.24) is 0 Å². The van der Waals surface area contributed by atoms with E-state index in [1.165, 1.54) is 44.8 Å². The van der Waals surface area contributed by atoms with Crippen LogP contribution in [-0.4, -0.2) is 17.5 Å². The van der Waals surface area contributed by atoms with Crippen LogP contribution in [0.15, 0.2) is 0 Å². The molecule has 0 heterocycles. The molecule has 2 nitrogen and oxygen atoms in total. The zero-order valence-corrected chi connectivity index (χ0v) is 14.3. The number of fused-ring (bicyclic) bond motifs is 5. The number of aldehydes is 1. The molecule has 0 aromatic carbocycles. The van der Waals surface area contributed by atoms with E-state index in [0.717, 1.165) is 42.9 Å². The lowest BCUT2D eigenvalue weighted by molar-refractivity contribution is -0.133. The number of aliphatic hydroxyl groups excluding tert-OH is 1. The van der Waals surface area contributed by atoms with Crippen LogP contribution in [0.25, 0.3) is 0 Å². The molecule has 0 aliphatic heterocycles. The van der Waals surface area contributed by atoms with Gasteiger partial charge in [-0.2, -0.15) is 0 Å². The third kappa shape index (κ3) is 1.92. The minimum atomic E-state index is -0.0468. The van der Waals surface area contributed by atoms with Gasteiger partial charge in [-0.3, -0.25) is 0 Å². The molecule has 0 amide bonds. The average molecular weight is 304 g/mol. The Hall–Kier alpha value is -0.370. The van der Waals surface area contributed by atoms with E-state index in [0.29, 0.717) is 16.7 Å². The van der Waals surface area contributed by atoms with Gasteiger partial charge in [-0.25, -0.2) is 0 Å². The van der Waals surface area contributed by atoms with Crippen molar-refractivity contribution in [1.29, 1.82) is 0 Å². The van der Waals surface area contributed by atoms with E-state index in [1.54, 1.807) is 0 Å². The maximum Gasteiger partial charge on any atom is 0.123 e. The first-order valence-electron chi connectivity index (χ1n) is 9.62. The SMILES string of the molecule is C[C@]12CC[C@H](O)C[C@H]1CC[C@@H]1[C@@H]2CC[C@]2(C)[C@@H](C=O)CC[C@@H]12. The summed E-state index contributed by atoms with van der Waals surface area (Å²) in [5, 5.41) is 10.1. The fourth-order valence-electron chi connectivity index (χ4n) is 7.50. The highest BCUT2D eigenvalue weighted by molar-refractivity contribution is 5.56. The standard InChI is InChI=1S/C20H32O2/c1-19-9-7-15(22)11-13(19)3-5-16-17-6-4-14(12-21)20(17,2)10-8-18(16)19/h12-18,22H,3-11H2,1-2H3/t13-,14-,15+,16+,17+,18+,19+,20-/m1/s1. The van der Waals surface area contributed by atoms with Crippen LogP contribution in [0.5, 0.6) is 0 Å². The Labute approximate surface area is 135 Å². The Balaban J connectivity index is 1.62. The largest absolute Gasteiger partial charge is 0.393 e. The van der Waals surface area contributed by atoms with Crippen molar-refractivity contribution >= 4 is 6.29 Å². The Morgan fingerprint density at radius 2 is 1.64 bits per heavy atom. The normalized spacial score (nSPS) is 57.6. The topological polar surface area (TPSA) is 37.3 Å². The average Bonchev–Trinajstić information content (AvgIpc) is 2.84. The van der Waals surface area contributed by atoms with Crippen LogP contribution in [0.2, 0.25) is 0 Å². The number of hydrogen-bond acceptors (Lipinski definition) is 2. The molecule has 4 rings (SSSR count). The molecule has 4 aliphatic rings. The summed E-state index contributed by atoms with van der Waals surface area (Å²) in [6.45, 7) is 4.95. The van der Waals surface area contributed by atoms with Gasteiger partial charge in [0.05, 0.1) is 6.10 Å². The summed E-state index contributed by atoms with van der Waals surface area (Å²) >= 11 is 0. The molecule has 4 fully saturated rings. The van der Waals surface area contributed by atoms with Gasteiger partial charge in [-0.1, -0.05) is 13.8 Å². The quantitative estimate of drug-likeness (QED) is 0.737. The fourth-order valence-corrected chi connectivity index (χ4v) is 7.50. The van der Waals surface area contributed by atoms with Gasteiger partial charge in [0.15, 0.2) is 0 Å². The van der Waals surface area contributed by atoms with Crippen LogP contribution in [-0.2, 0) is 4.79 Å². The molecule has 0 unspecified atom stereocenters. The predicted molar refractivity (Wildman–Crippen MR) is 87.3 cm³/mol. The zero-order chi connectivity index (χ0) is 15.5. The van der Waals surface area contributed by atoms with Gasteiger partial charge in [0.1, 0.15) is 6.29 Å². The number of rotatable bonds is 1. The molecule has 0 saturated heterocycles. The Kier molecular flexibility index (Phi) is 3.49. The third-order valence-electron chi connectivity index (χ3n) is 8.88. The smallest absolute Gasteiger partial charge is 0.123 e. The van der Waals surface area contributed by atoms with Crippen LogP contribution < -0.4 is 0 Å². The van der Waals surface area contributed by atoms with E-state index < -0.39 is 0 Å². The molecule has 0 spiro atoms. The molecule has 4 saturated carbocycles. The molecular formula is C20H32O2. The highest BCUT2D eigenvalue weighted by Gasteiger charge is 2.59. The summed E-state index contributed by atoms with van der Waals surface area (Å²) in [5.74, 6) is 3.54. The zero-order valence-electron chi connectivity index (χ0n) is 14.3. The van der Waals surface area contributed by atoms with Crippen LogP contribution in [0, 0.1) is 40.4 Å². The van der Waals surface area contributed by atoms with Crippen LogP contribution in [0.1, 0.15) is 71.6 Å². The van der Waals surface area contributed by atoms with Gasteiger partial charge < -0.3 is 9.90 Å². The maximum absolute atomic E-state index is 11.5. The second-order valence-electron chi connectivity index (χ2n) is 9.45. The lowest BCUT2D eigenvalue weighted by Crippen LogP contribution is -2.54. The lowest BCUT2D eigenvalue weighted by atomic mass is 9.45. The minimum Gasteiger partial charge on any atom is -0.393 e. The molecule has 2 heteroatoms. The molecule has 4 aliphatic carbocycles. The van der Waals surface area contributed by atoms with Gasteiger partial charge in [0.2, 0.25) is 0 Å². The predicted octanol–water partition coefficient (Wildman–Crippen LogP) is 4.21. The Morgan fingerprint density at radius 3 is 2.41 bits per heavy atom. The maximum atomic E-state index is 11.5. The van der Waals surface area contributed by atoms with Gasteiger partial charge >= 0.3 is 0 Å². The summed E-state index contributed by atoms with van der Waals surface area (Å²) < 4.78 is 0. The first-order valence-corrected chi connectivity index (χ1v) is 9.62. The molecule has 0 bridgehead atoms. The van der Waals surface area contributed by atoms with Crippen molar-refractivity contribution in [2.24, 2.45) is 40.4 Å². The monoisotopic (exact) mass is 304 g/mol. The Morgan fingerprint density at radius 1 is 0.909 bits per heavy atom. The molecule has 124 valence electrons. The van der Waals surface area contributed by atoms with Crippen molar-refractivity contribution in [2.45, 2.75) is 77.7 Å². The Bertz CT molecular complexity index is 461. The molecule has 1 N–H and O–H groups in total. The first kappa shape index (κ1) is 15.2. The number of hydrogen-bond donors (Lipinski definition) is 1. The number of carbonyl (C=O) groups excluding carboxylic acids is 1. The van der Waals surface area contributed by atoms with Crippen molar-refractivity contribution in [2.75, 3.05) is 0 Å². The molecule has 0 radical (unpaired) electrons. The third-order valence-corrected chi connectivity index (χ3v) is 8.88. The van der Waals surface area contributed by atoms with Gasteiger partial charge in [-0.15, -0.1) is 0 Å². The number of carbonyl (C=O) groups is 1. The van der Waals surface area contributed by atoms with Crippen molar-refractivity contribution in [3.05, 3.63) is 0 Å². The first-order chi connectivity index (χ1) is 10.5. The highest BCUT2D eigenvalue weighted by atomic mass is 16.3. The summed E-state index contributed by atoms with van der Waals surface area (Å²) in [7, 11) is 0. The number of aliphatic hydroxyl groups is 1. The molecule has 0 aromatic rings. The molecule has 0 aromatic heterocycles. The van der Waals surface area contributed by atoms with Crippen LogP contribution in [0.4, 0.5) is 0 Å². The summed E-state index contributed by atoms with van der Waals surface area (Å²) in [4.78, 5) is 11.5. The van der Waals surface area contributed by atoms with Crippen LogP contribution in [0.3, 0.4) is 0 Å². The fraction of sp³-hybridized carbons (Fsp3) is 0.950. The second kappa shape index (κ2) is 5.06. The van der Waals surface area contributed by atoms with E-state index in [9.17, 15) is 9.90 Å². The van der Waals surface area contributed by atoms with E-state index in [-0.39, 0.29) is 6.10 Å². The van der Waals surface area contributed by atoms with E-state index in [4.69, 9.17) is 0 Å². The summed E-state index contributed by atoms with van der Waals surface area (Å²) in [5.41, 5.74) is 0.753. The molecular weight excluding hydrogens is 272 g/mol. The lowest BCUT2D eigenvalue weighted by Gasteiger charge is -2.60.